The SMILES string of the molecule is C=C(O)[C@@H](N)Cc1cccc(O)c1. The van der Waals surface area contributed by atoms with Gasteiger partial charge in [-0.25, -0.2) is 0 Å². The van der Waals surface area contributed by atoms with Gasteiger partial charge < -0.3 is 15.9 Å². The van der Waals surface area contributed by atoms with E-state index in [9.17, 15) is 0 Å². The van der Waals surface area contributed by atoms with E-state index in [0.717, 1.165) is 5.56 Å². The fourth-order valence-electron chi connectivity index (χ4n) is 1.06. The van der Waals surface area contributed by atoms with Crippen LogP contribution in [0, 0.1) is 0 Å². The van der Waals surface area contributed by atoms with Crippen LogP contribution in [0.5, 0.6) is 5.75 Å². The molecule has 0 aromatic heterocycles. The van der Waals surface area contributed by atoms with Crippen molar-refractivity contribution in [2.24, 2.45) is 5.73 Å². The van der Waals surface area contributed by atoms with E-state index in [1.165, 1.54) is 0 Å². The van der Waals surface area contributed by atoms with Gasteiger partial charge in [-0.05, 0) is 24.1 Å². The van der Waals surface area contributed by atoms with Crippen molar-refractivity contribution in [3.05, 3.63) is 42.2 Å². The molecule has 70 valence electrons. The Kier molecular flexibility index (Phi) is 2.93. The standard InChI is InChI=1S/C10H13NO2/c1-7(12)10(11)6-8-3-2-4-9(13)5-8/h2-5,10,12-13H,1,6,11H2/t10-/m0/s1. The summed E-state index contributed by atoms with van der Waals surface area (Å²) in [5.41, 5.74) is 6.44. The molecule has 1 atom stereocenters. The Labute approximate surface area is 77.1 Å². The first-order valence-electron chi connectivity index (χ1n) is 4.01. The minimum atomic E-state index is -0.471. The number of hydrogen-bond acceptors (Lipinski definition) is 3. The average Bonchev–Trinajstić information content (AvgIpc) is 2.04. The molecule has 0 spiro atoms. The Morgan fingerprint density at radius 3 is 2.77 bits per heavy atom. The molecule has 0 aliphatic heterocycles. The maximum Gasteiger partial charge on any atom is 0.115 e. The highest BCUT2D eigenvalue weighted by Crippen LogP contribution is 2.13. The van der Waals surface area contributed by atoms with Gasteiger partial charge in [0, 0.05) is 0 Å². The zero-order chi connectivity index (χ0) is 9.84. The topological polar surface area (TPSA) is 66.5 Å². The summed E-state index contributed by atoms with van der Waals surface area (Å²) in [6.07, 6.45) is 0.476. The van der Waals surface area contributed by atoms with E-state index in [4.69, 9.17) is 15.9 Å². The Balaban J connectivity index is 2.69. The van der Waals surface area contributed by atoms with Crippen LogP contribution in [0.15, 0.2) is 36.6 Å². The van der Waals surface area contributed by atoms with Crippen molar-refractivity contribution < 1.29 is 10.2 Å². The average molecular weight is 179 g/mol. The number of aliphatic hydroxyl groups excluding tert-OH is 1. The van der Waals surface area contributed by atoms with Crippen LogP contribution in [0.2, 0.25) is 0 Å². The van der Waals surface area contributed by atoms with Gasteiger partial charge in [0.25, 0.3) is 0 Å². The van der Waals surface area contributed by atoms with Crippen molar-refractivity contribution in [3.8, 4) is 5.75 Å². The lowest BCUT2D eigenvalue weighted by Gasteiger charge is -2.09. The minimum Gasteiger partial charge on any atom is -0.511 e. The molecule has 3 nitrogen and oxygen atoms in total. The van der Waals surface area contributed by atoms with Crippen LogP contribution in [0.25, 0.3) is 0 Å². The van der Waals surface area contributed by atoms with Crippen LogP contribution in [0.1, 0.15) is 5.56 Å². The first kappa shape index (κ1) is 9.61. The number of phenolic OH excluding ortho intramolecular Hbond substituents is 1. The van der Waals surface area contributed by atoms with Crippen molar-refractivity contribution in [2.45, 2.75) is 12.5 Å². The van der Waals surface area contributed by atoms with Gasteiger partial charge in [0.15, 0.2) is 0 Å². The third-order valence-electron chi connectivity index (χ3n) is 1.79. The maximum atomic E-state index is 9.14. The number of nitrogens with two attached hydrogens (primary N) is 1. The number of phenols is 1. The van der Waals surface area contributed by atoms with E-state index in [-0.39, 0.29) is 11.5 Å². The Bertz CT molecular complexity index is 310. The molecule has 13 heavy (non-hydrogen) atoms. The molecule has 0 amide bonds. The van der Waals surface area contributed by atoms with E-state index in [0.29, 0.717) is 6.42 Å². The van der Waals surface area contributed by atoms with Crippen molar-refractivity contribution in [1.82, 2.24) is 0 Å². The lowest BCUT2D eigenvalue weighted by Crippen LogP contribution is -2.24. The lowest BCUT2D eigenvalue weighted by molar-refractivity contribution is 0.368. The summed E-state index contributed by atoms with van der Waals surface area (Å²) in [6.45, 7) is 3.34. The predicted octanol–water partition coefficient (Wildman–Crippen LogP) is 1.33. The summed E-state index contributed by atoms with van der Waals surface area (Å²) in [5.74, 6) is 0.164. The van der Waals surface area contributed by atoms with Crippen molar-refractivity contribution in [1.29, 1.82) is 0 Å². The van der Waals surface area contributed by atoms with Gasteiger partial charge in [-0.1, -0.05) is 18.7 Å². The monoisotopic (exact) mass is 179 g/mol. The lowest BCUT2D eigenvalue weighted by atomic mass is 10.1. The van der Waals surface area contributed by atoms with Crippen LogP contribution < -0.4 is 5.73 Å². The summed E-state index contributed by atoms with van der Waals surface area (Å²) < 4.78 is 0. The van der Waals surface area contributed by atoms with E-state index in [2.05, 4.69) is 6.58 Å². The normalized spacial score (nSPS) is 12.4. The number of hydrogen-bond donors (Lipinski definition) is 3. The molecule has 0 saturated heterocycles. The predicted molar refractivity (Wildman–Crippen MR) is 51.6 cm³/mol. The number of benzene rings is 1. The fourth-order valence-corrected chi connectivity index (χ4v) is 1.06. The molecular weight excluding hydrogens is 166 g/mol. The second-order valence-electron chi connectivity index (χ2n) is 2.97. The summed E-state index contributed by atoms with van der Waals surface area (Å²) in [7, 11) is 0. The number of aromatic hydroxyl groups is 1. The number of aliphatic hydroxyl groups is 1. The largest absolute Gasteiger partial charge is 0.511 e. The summed E-state index contributed by atoms with van der Waals surface area (Å²) in [5, 5.41) is 18.1. The van der Waals surface area contributed by atoms with Crippen LogP contribution in [0.4, 0.5) is 0 Å². The molecule has 0 bridgehead atoms. The third-order valence-corrected chi connectivity index (χ3v) is 1.79. The molecule has 1 aromatic rings. The van der Waals surface area contributed by atoms with Gasteiger partial charge in [-0.3, -0.25) is 0 Å². The molecule has 0 unspecified atom stereocenters. The highest BCUT2D eigenvalue weighted by molar-refractivity contribution is 5.28. The highest BCUT2D eigenvalue weighted by Gasteiger charge is 2.06. The molecule has 0 aliphatic carbocycles. The quantitative estimate of drug-likeness (QED) is 0.613. The second-order valence-corrected chi connectivity index (χ2v) is 2.97. The molecule has 3 heteroatoms. The second kappa shape index (κ2) is 3.96. The smallest absolute Gasteiger partial charge is 0.115 e. The van der Waals surface area contributed by atoms with Gasteiger partial charge >= 0.3 is 0 Å². The van der Waals surface area contributed by atoms with Crippen molar-refractivity contribution in [3.63, 3.8) is 0 Å². The van der Waals surface area contributed by atoms with Gasteiger partial charge in [-0.15, -0.1) is 0 Å². The van der Waals surface area contributed by atoms with Crippen LogP contribution in [-0.4, -0.2) is 16.3 Å². The van der Waals surface area contributed by atoms with Gasteiger partial charge in [0.2, 0.25) is 0 Å². The molecule has 1 aromatic carbocycles. The zero-order valence-corrected chi connectivity index (χ0v) is 7.27. The summed E-state index contributed by atoms with van der Waals surface area (Å²) >= 11 is 0. The third kappa shape index (κ3) is 2.80. The first-order chi connectivity index (χ1) is 6.09. The summed E-state index contributed by atoms with van der Waals surface area (Å²) in [4.78, 5) is 0. The number of rotatable bonds is 3. The van der Waals surface area contributed by atoms with Gasteiger partial charge in [0.05, 0.1) is 6.04 Å². The molecule has 1 rings (SSSR count). The Hall–Kier alpha value is -1.48. The van der Waals surface area contributed by atoms with Gasteiger partial charge in [0.1, 0.15) is 11.5 Å². The minimum absolute atomic E-state index is 0.0386. The van der Waals surface area contributed by atoms with Crippen LogP contribution in [-0.2, 0) is 6.42 Å². The molecule has 0 fully saturated rings. The molecule has 0 saturated carbocycles. The Morgan fingerprint density at radius 2 is 2.23 bits per heavy atom. The van der Waals surface area contributed by atoms with Crippen LogP contribution in [0.3, 0.4) is 0 Å². The summed E-state index contributed by atoms with van der Waals surface area (Å²) in [6, 6.07) is 6.30. The fraction of sp³-hybridized carbons (Fsp3) is 0.200. The maximum absolute atomic E-state index is 9.14. The Morgan fingerprint density at radius 1 is 1.54 bits per heavy atom. The highest BCUT2D eigenvalue weighted by atomic mass is 16.3. The first-order valence-corrected chi connectivity index (χ1v) is 4.01. The van der Waals surface area contributed by atoms with Crippen molar-refractivity contribution in [2.75, 3.05) is 0 Å². The van der Waals surface area contributed by atoms with Gasteiger partial charge in [-0.2, -0.15) is 0 Å². The van der Waals surface area contributed by atoms with E-state index < -0.39 is 6.04 Å². The molecular formula is C10H13NO2. The molecule has 4 N–H and O–H groups in total. The van der Waals surface area contributed by atoms with Crippen LogP contribution >= 0.6 is 0 Å². The zero-order valence-electron chi connectivity index (χ0n) is 7.27. The van der Waals surface area contributed by atoms with E-state index >= 15 is 0 Å². The van der Waals surface area contributed by atoms with Crippen molar-refractivity contribution >= 4 is 0 Å². The molecule has 0 aliphatic rings. The molecule has 0 radical (unpaired) electrons. The molecule has 0 heterocycles. The van der Waals surface area contributed by atoms with E-state index in [1.54, 1.807) is 18.2 Å². The van der Waals surface area contributed by atoms with E-state index in [1.807, 2.05) is 6.07 Å².